The lowest BCUT2D eigenvalue weighted by molar-refractivity contribution is -0.383. The van der Waals surface area contributed by atoms with Crippen molar-refractivity contribution in [1.82, 2.24) is 15.2 Å². The molecule has 0 aliphatic heterocycles. The fraction of sp³-hybridized carbons (Fsp3) is 0.0909. The van der Waals surface area contributed by atoms with Crippen LogP contribution in [-0.2, 0) is 6.54 Å². The number of aromatic amines is 1. The van der Waals surface area contributed by atoms with Crippen molar-refractivity contribution in [2.75, 3.05) is 5.32 Å². The molecule has 0 bridgehead atoms. The summed E-state index contributed by atoms with van der Waals surface area (Å²) in [6.45, 7) is 0.445. The molecule has 0 unspecified atom stereocenters. The van der Waals surface area contributed by atoms with Gasteiger partial charge in [-0.05, 0) is 12.1 Å². The first kappa shape index (κ1) is 11.2. The molecule has 8 nitrogen and oxygen atoms in total. The molecule has 0 amide bonds. The van der Waals surface area contributed by atoms with E-state index >= 15 is 0 Å². The molecule has 2 N–H and O–H groups in total. The summed E-state index contributed by atoms with van der Waals surface area (Å²) in [7, 11) is 0. The first-order valence-corrected chi connectivity index (χ1v) is 5.50. The van der Waals surface area contributed by atoms with Crippen LogP contribution >= 0.6 is 0 Å². The summed E-state index contributed by atoms with van der Waals surface area (Å²) in [5, 5.41) is 20.4. The van der Waals surface area contributed by atoms with Crippen molar-refractivity contribution in [2.45, 2.75) is 6.54 Å². The summed E-state index contributed by atoms with van der Waals surface area (Å²) in [5.74, 6) is 0. The highest BCUT2D eigenvalue weighted by Gasteiger charge is 2.17. The zero-order valence-corrected chi connectivity index (χ0v) is 9.66. The van der Waals surface area contributed by atoms with Crippen molar-refractivity contribution in [3.8, 4) is 0 Å². The Balaban J connectivity index is 1.89. The maximum absolute atomic E-state index is 10.9. The number of benzene rings is 1. The van der Waals surface area contributed by atoms with E-state index < -0.39 is 4.92 Å². The molecule has 1 aromatic carbocycles. The average molecular weight is 259 g/mol. The number of aromatic nitrogens is 3. The van der Waals surface area contributed by atoms with Crippen LogP contribution in [0.1, 0.15) is 5.69 Å². The second-order valence-corrected chi connectivity index (χ2v) is 3.84. The molecule has 0 atom stereocenters. The SMILES string of the molecule is O=[N+]([O-])c1cccc2oc(NCc3ccn[nH]3)nc12. The van der Waals surface area contributed by atoms with E-state index in [1.165, 1.54) is 6.07 Å². The van der Waals surface area contributed by atoms with Gasteiger partial charge in [0.05, 0.1) is 17.2 Å². The fourth-order valence-corrected chi connectivity index (χ4v) is 1.71. The van der Waals surface area contributed by atoms with Gasteiger partial charge in [-0.1, -0.05) is 6.07 Å². The largest absolute Gasteiger partial charge is 0.423 e. The molecular weight excluding hydrogens is 250 g/mol. The van der Waals surface area contributed by atoms with Crippen molar-refractivity contribution in [1.29, 1.82) is 0 Å². The van der Waals surface area contributed by atoms with Gasteiger partial charge in [0.15, 0.2) is 11.1 Å². The molecule has 0 saturated heterocycles. The van der Waals surface area contributed by atoms with E-state index in [1.807, 2.05) is 0 Å². The van der Waals surface area contributed by atoms with Crippen LogP contribution in [0.2, 0.25) is 0 Å². The van der Waals surface area contributed by atoms with Gasteiger partial charge in [0.25, 0.3) is 11.7 Å². The van der Waals surface area contributed by atoms with Gasteiger partial charge in [-0.3, -0.25) is 15.2 Å². The molecule has 0 saturated carbocycles. The van der Waals surface area contributed by atoms with Crippen LogP contribution < -0.4 is 5.32 Å². The topological polar surface area (TPSA) is 110 Å². The molecule has 0 fully saturated rings. The predicted octanol–water partition coefficient (Wildman–Crippen LogP) is 2.07. The molecule has 2 heterocycles. The van der Waals surface area contributed by atoms with Gasteiger partial charge < -0.3 is 9.73 Å². The minimum absolute atomic E-state index is 0.0733. The number of para-hydroxylation sites is 1. The minimum atomic E-state index is -0.483. The Morgan fingerprint density at radius 2 is 2.32 bits per heavy atom. The van der Waals surface area contributed by atoms with Crippen molar-refractivity contribution in [3.63, 3.8) is 0 Å². The smallest absolute Gasteiger partial charge is 0.298 e. The number of rotatable bonds is 4. The number of hydrogen-bond donors (Lipinski definition) is 2. The normalized spacial score (nSPS) is 10.7. The summed E-state index contributed by atoms with van der Waals surface area (Å²) in [5.41, 5.74) is 1.40. The standard InChI is InChI=1S/C11H9N5O3/c17-16(18)8-2-1-3-9-10(8)14-11(19-9)12-6-7-4-5-13-15-7/h1-5H,6H2,(H,12,14)(H,13,15). The molecule has 96 valence electrons. The van der Waals surface area contributed by atoms with Gasteiger partial charge in [-0.2, -0.15) is 10.1 Å². The highest BCUT2D eigenvalue weighted by molar-refractivity contribution is 5.83. The lowest BCUT2D eigenvalue weighted by Crippen LogP contribution is -1.99. The number of non-ortho nitro benzene ring substituents is 1. The zero-order chi connectivity index (χ0) is 13.2. The second kappa shape index (κ2) is 4.41. The number of hydrogen-bond acceptors (Lipinski definition) is 6. The summed E-state index contributed by atoms with van der Waals surface area (Å²) < 4.78 is 5.40. The quantitative estimate of drug-likeness (QED) is 0.548. The van der Waals surface area contributed by atoms with Gasteiger partial charge in [0.1, 0.15) is 0 Å². The van der Waals surface area contributed by atoms with E-state index in [0.717, 1.165) is 5.69 Å². The number of oxazole rings is 1. The van der Waals surface area contributed by atoms with E-state index in [9.17, 15) is 10.1 Å². The summed E-state index contributed by atoms with van der Waals surface area (Å²) in [6, 6.07) is 6.63. The molecule has 19 heavy (non-hydrogen) atoms. The van der Waals surface area contributed by atoms with Crippen LogP contribution in [-0.4, -0.2) is 20.1 Å². The third-order valence-electron chi connectivity index (χ3n) is 2.58. The second-order valence-electron chi connectivity index (χ2n) is 3.84. The van der Waals surface area contributed by atoms with Crippen LogP contribution in [0.5, 0.6) is 0 Å². The summed E-state index contributed by atoms with van der Waals surface area (Å²) >= 11 is 0. The number of nitro benzene ring substituents is 1. The van der Waals surface area contributed by atoms with E-state index in [2.05, 4.69) is 20.5 Å². The predicted molar refractivity (Wildman–Crippen MR) is 66.6 cm³/mol. The van der Waals surface area contributed by atoms with E-state index in [1.54, 1.807) is 24.4 Å². The first-order valence-electron chi connectivity index (χ1n) is 5.50. The number of fused-ring (bicyclic) bond motifs is 1. The Morgan fingerprint density at radius 3 is 3.05 bits per heavy atom. The zero-order valence-electron chi connectivity index (χ0n) is 9.66. The third kappa shape index (κ3) is 2.10. The van der Waals surface area contributed by atoms with Crippen LogP contribution in [0.3, 0.4) is 0 Å². The number of anilines is 1. The van der Waals surface area contributed by atoms with Gasteiger partial charge in [-0.25, -0.2) is 0 Å². The Labute approximate surface area is 106 Å². The average Bonchev–Trinajstić information content (AvgIpc) is 3.04. The van der Waals surface area contributed by atoms with Crippen molar-refractivity contribution < 1.29 is 9.34 Å². The Kier molecular flexibility index (Phi) is 2.60. The van der Waals surface area contributed by atoms with Crippen LogP contribution in [0.4, 0.5) is 11.7 Å². The lowest BCUT2D eigenvalue weighted by Gasteiger charge is -1.96. The monoisotopic (exact) mass is 259 g/mol. The fourth-order valence-electron chi connectivity index (χ4n) is 1.71. The number of nitrogens with zero attached hydrogens (tertiary/aromatic N) is 3. The Hall–Kier alpha value is -2.90. The summed E-state index contributed by atoms with van der Waals surface area (Å²) in [6.07, 6.45) is 1.63. The van der Waals surface area contributed by atoms with Crippen molar-refractivity contribution in [3.05, 3.63) is 46.3 Å². The van der Waals surface area contributed by atoms with Crippen molar-refractivity contribution in [2.24, 2.45) is 0 Å². The molecule has 3 aromatic rings. The van der Waals surface area contributed by atoms with Gasteiger partial charge in [0.2, 0.25) is 0 Å². The van der Waals surface area contributed by atoms with E-state index in [0.29, 0.717) is 12.1 Å². The van der Waals surface area contributed by atoms with Gasteiger partial charge in [-0.15, -0.1) is 0 Å². The van der Waals surface area contributed by atoms with Crippen LogP contribution in [0.25, 0.3) is 11.1 Å². The first-order chi connectivity index (χ1) is 9.24. The van der Waals surface area contributed by atoms with Gasteiger partial charge in [0, 0.05) is 12.3 Å². The molecule has 0 spiro atoms. The molecule has 0 aliphatic carbocycles. The summed E-state index contributed by atoms with van der Waals surface area (Å²) in [4.78, 5) is 14.5. The highest BCUT2D eigenvalue weighted by Crippen LogP contribution is 2.27. The molecule has 3 rings (SSSR count). The molecule has 2 aromatic heterocycles. The van der Waals surface area contributed by atoms with Crippen molar-refractivity contribution >= 4 is 22.8 Å². The highest BCUT2D eigenvalue weighted by atomic mass is 16.6. The third-order valence-corrected chi connectivity index (χ3v) is 2.58. The number of nitro groups is 1. The Morgan fingerprint density at radius 1 is 1.42 bits per heavy atom. The lowest BCUT2D eigenvalue weighted by atomic mass is 10.3. The Bertz CT molecular complexity index is 719. The number of nitrogens with one attached hydrogen (secondary N) is 2. The van der Waals surface area contributed by atoms with Crippen LogP contribution in [0.15, 0.2) is 34.9 Å². The van der Waals surface area contributed by atoms with Gasteiger partial charge >= 0.3 is 0 Å². The molecule has 8 heteroatoms. The van der Waals surface area contributed by atoms with E-state index in [-0.39, 0.29) is 17.2 Å². The molecule has 0 radical (unpaired) electrons. The van der Waals surface area contributed by atoms with Crippen LogP contribution in [0, 0.1) is 10.1 Å². The van der Waals surface area contributed by atoms with E-state index in [4.69, 9.17) is 4.42 Å². The molecule has 0 aliphatic rings. The maximum atomic E-state index is 10.9. The minimum Gasteiger partial charge on any atom is -0.423 e. The molecular formula is C11H9N5O3. The maximum Gasteiger partial charge on any atom is 0.298 e. The number of H-pyrrole nitrogens is 1.